The quantitative estimate of drug-likeness (QED) is 0.776. The van der Waals surface area contributed by atoms with Crippen molar-refractivity contribution in [3.8, 4) is 0 Å². The van der Waals surface area contributed by atoms with E-state index in [9.17, 15) is 8.42 Å². The SMILES string of the molecule is CC(C)N(C)S(=O)(=O)c1ccc(CNCc2cn[nH]c2C(C)(C)C)cc1. The Labute approximate surface area is 157 Å². The summed E-state index contributed by atoms with van der Waals surface area (Å²) in [5, 5.41) is 10.6. The number of nitrogens with one attached hydrogen (secondary N) is 2. The highest BCUT2D eigenvalue weighted by Crippen LogP contribution is 2.23. The van der Waals surface area contributed by atoms with E-state index in [-0.39, 0.29) is 11.5 Å². The van der Waals surface area contributed by atoms with E-state index in [1.165, 1.54) is 4.31 Å². The smallest absolute Gasteiger partial charge is 0.243 e. The Morgan fingerprint density at radius 2 is 1.77 bits per heavy atom. The summed E-state index contributed by atoms with van der Waals surface area (Å²) in [4.78, 5) is 0.322. The molecule has 2 aromatic rings. The van der Waals surface area contributed by atoms with Gasteiger partial charge in [-0.25, -0.2) is 8.42 Å². The van der Waals surface area contributed by atoms with Crippen LogP contribution in [0.1, 0.15) is 51.4 Å². The number of sulfonamides is 1. The lowest BCUT2D eigenvalue weighted by atomic mass is 9.89. The highest BCUT2D eigenvalue weighted by molar-refractivity contribution is 7.89. The van der Waals surface area contributed by atoms with Gasteiger partial charge in [0.2, 0.25) is 10.0 Å². The molecular formula is C19H30N4O2S. The van der Waals surface area contributed by atoms with Crippen molar-refractivity contribution < 1.29 is 8.42 Å². The van der Waals surface area contributed by atoms with E-state index in [1.54, 1.807) is 19.2 Å². The molecule has 0 bridgehead atoms. The summed E-state index contributed by atoms with van der Waals surface area (Å²) >= 11 is 0. The zero-order valence-corrected chi connectivity index (χ0v) is 17.3. The van der Waals surface area contributed by atoms with E-state index in [4.69, 9.17) is 0 Å². The lowest BCUT2D eigenvalue weighted by Crippen LogP contribution is -2.33. The number of benzene rings is 1. The fourth-order valence-corrected chi connectivity index (χ4v) is 4.03. The highest BCUT2D eigenvalue weighted by atomic mass is 32.2. The maximum Gasteiger partial charge on any atom is 0.243 e. The van der Waals surface area contributed by atoms with Crippen LogP contribution in [0.2, 0.25) is 0 Å². The van der Waals surface area contributed by atoms with Crippen molar-refractivity contribution in [1.82, 2.24) is 19.8 Å². The van der Waals surface area contributed by atoms with Crippen molar-refractivity contribution in [2.24, 2.45) is 0 Å². The van der Waals surface area contributed by atoms with Crippen molar-refractivity contribution >= 4 is 10.0 Å². The summed E-state index contributed by atoms with van der Waals surface area (Å²) in [6, 6.07) is 6.98. The standard InChI is InChI=1S/C19H30N4O2S/c1-14(2)23(6)26(24,25)17-9-7-15(8-10-17)11-20-12-16-13-21-22-18(16)19(3,4)5/h7-10,13-14,20H,11-12H2,1-6H3,(H,21,22). The molecule has 0 saturated heterocycles. The fourth-order valence-electron chi connectivity index (χ4n) is 2.66. The molecule has 0 aliphatic heterocycles. The van der Waals surface area contributed by atoms with Gasteiger partial charge in [-0.15, -0.1) is 0 Å². The van der Waals surface area contributed by atoms with E-state index in [2.05, 4.69) is 36.3 Å². The third-order valence-corrected chi connectivity index (χ3v) is 6.49. The Kier molecular flexibility index (Phi) is 6.26. The number of nitrogens with zero attached hydrogens (tertiary/aromatic N) is 2. The van der Waals surface area contributed by atoms with Crippen LogP contribution in [0.25, 0.3) is 0 Å². The van der Waals surface area contributed by atoms with Crippen LogP contribution < -0.4 is 5.32 Å². The molecule has 0 saturated carbocycles. The molecule has 144 valence electrons. The van der Waals surface area contributed by atoms with E-state index in [0.717, 1.165) is 16.8 Å². The molecule has 6 nitrogen and oxygen atoms in total. The summed E-state index contributed by atoms with van der Waals surface area (Å²) in [6.45, 7) is 11.5. The molecule has 1 heterocycles. The molecule has 0 aliphatic carbocycles. The number of aromatic nitrogens is 2. The average Bonchev–Trinajstić information content (AvgIpc) is 3.03. The maximum absolute atomic E-state index is 12.5. The predicted octanol–water partition coefficient (Wildman–Crippen LogP) is 3.03. The minimum absolute atomic E-state index is 0.0198. The normalized spacial score (nSPS) is 12.9. The van der Waals surface area contributed by atoms with Crippen LogP contribution in [-0.4, -0.2) is 36.0 Å². The van der Waals surface area contributed by atoms with Crippen LogP contribution in [0, 0.1) is 0 Å². The third-order valence-electron chi connectivity index (χ3n) is 4.44. The van der Waals surface area contributed by atoms with Crippen LogP contribution in [0.5, 0.6) is 0 Å². The van der Waals surface area contributed by atoms with Crippen molar-refractivity contribution in [1.29, 1.82) is 0 Å². The molecule has 1 aromatic heterocycles. The van der Waals surface area contributed by atoms with Crippen molar-refractivity contribution in [2.75, 3.05) is 7.05 Å². The minimum Gasteiger partial charge on any atom is -0.308 e. The molecule has 2 rings (SSSR count). The Morgan fingerprint density at radius 1 is 1.15 bits per heavy atom. The average molecular weight is 379 g/mol. The van der Waals surface area contributed by atoms with Gasteiger partial charge in [0.15, 0.2) is 0 Å². The first-order valence-corrected chi connectivity index (χ1v) is 10.3. The topological polar surface area (TPSA) is 78.1 Å². The van der Waals surface area contributed by atoms with Crippen molar-refractivity contribution in [3.63, 3.8) is 0 Å². The van der Waals surface area contributed by atoms with Gasteiger partial charge in [0.1, 0.15) is 0 Å². The van der Waals surface area contributed by atoms with Gasteiger partial charge in [0.05, 0.1) is 11.1 Å². The molecule has 0 radical (unpaired) electrons. The second-order valence-electron chi connectivity index (χ2n) is 7.88. The predicted molar refractivity (Wildman–Crippen MR) is 104 cm³/mol. The molecule has 0 atom stereocenters. The molecule has 0 aliphatic rings. The van der Waals surface area contributed by atoms with Crippen LogP contribution in [-0.2, 0) is 28.5 Å². The second-order valence-corrected chi connectivity index (χ2v) is 9.88. The Balaban J connectivity index is 2.00. The number of H-pyrrole nitrogens is 1. The molecular weight excluding hydrogens is 348 g/mol. The first-order valence-electron chi connectivity index (χ1n) is 8.84. The number of aromatic amines is 1. The number of hydrogen-bond donors (Lipinski definition) is 2. The number of hydrogen-bond acceptors (Lipinski definition) is 4. The molecule has 0 spiro atoms. The van der Waals surface area contributed by atoms with Crippen LogP contribution >= 0.6 is 0 Å². The fraction of sp³-hybridized carbons (Fsp3) is 0.526. The summed E-state index contributed by atoms with van der Waals surface area (Å²) in [7, 11) is -1.83. The Bertz CT molecular complexity index is 818. The minimum atomic E-state index is -3.43. The van der Waals surface area contributed by atoms with Crippen LogP contribution in [0.15, 0.2) is 35.4 Å². The van der Waals surface area contributed by atoms with Gasteiger partial charge in [-0.3, -0.25) is 5.10 Å². The maximum atomic E-state index is 12.5. The Morgan fingerprint density at radius 3 is 2.31 bits per heavy atom. The summed E-state index contributed by atoms with van der Waals surface area (Å²) in [6.07, 6.45) is 1.85. The van der Waals surface area contributed by atoms with Crippen LogP contribution in [0.3, 0.4) is 0 Å². The lowest BCUT2D eigenvalue weighted by Gasteiger charge is -2.21. The van der Waals surface area contributed by atoms with Gasteiger partial charge in [-0.1, -0.05) is 32.9 Å². The first-order chi connectivity index (χ1) is 12.0. The molecule has 26 heavy (non-hydrogen) atoms. The van der Waals surface area contributed by atoms with Gasteiger partial charge in [-0.05, 0) is 31.5 Å². The van der Waals surface area contributed by atoms with E-state index < -0.39 is 10.0 Å². The van der Waals surface area contributed by atoms with Gasteiger partial charge >= 0.3 is 0 Å². The molecule has 7 heteroatoms. The van der Waals surface area contributed by atoms with Crippen molar-refractivity contribution in [2.45, 2.75) is 64.1 Å². The molecule has 1 aromatic carbocycles. The van der Waals surface area contributed by atoms with E-state index in [0.29, 0.717) is 18.0 Å². The molecule has 0 amide bonds. The van der Waals surface area contributed by atoms with E-state index in [1.807, 2.05) is 32.2 Å². The van der Waals surface area contributed by atoms with Crippen molar-refractivity contribution in [3.05, 3.63) is 47.3 Å². The van der Waals surface area contributed by atoms with E-state index >= 15 is 0 Å². The highest BCUT2D eigenvalue weighted by Gasteiger charge is 2.23. The largest absolute Gasteiger partial charge is 0.308 e. The first kappa shape index (κ1) is 20.6. The van der Waals surface area contributed by atoms with Crippen LogP contribution in [0.4, 0.5) is 0 Å². The third kappa shape index (κ3) is 4.72. The van der Waals surface area contributed by atoms with Gasteiger partial charge in [0.25, 0.3) is 0 Å². The number of rotatable bonds is 7. The van der Waals surface area contributed by atoms with Gasteiger partial charge in [-0.2, -0.15) is 9.40 Å². The zero-order valence-electron chi connectivity index (χ0n) is 16.5. The summed E-state index contributed by atoms with van der Waals surface area (Å²) < 4.78 is 26.4. The molecule has 2 N–H and O–H groups in total. The summed E-state index contributed by atoms with van der Waals surface area (Å²) in [5.74, 6) is 0. The molecule has 0 unspecified atom stereocenters. The zero-order chi connectivity index (χ0) is 19.5. The second kappa shape index (κ2) is 7.90. The lowest BCUT2D eigenvalue weighted by molar-refractivity contribution is 0.410. The molecule has 0 fully saturated rings. The van der Waals surface area contributed by atoms with Gasteiger partial charge in [0, 0.05) is 42.9 Å². The monoisotopic (exact) mass is 378 g/mol. The Hall–Kier alpha value is -1.70. The summed E-state index contributed by atoms with van der Waals surface area (Å²) in [5.41, 5.74) is 3.33. The van der Waals surface area contributed by atoms with Gasteiger partial charge < -0.3 is 5.32 Å².